The molecule has 0 atom stereocenters. The van der Waals surface area contributed by atoms with E-state index in [0.29, 0.717) is 69.7 Å². The monoisotopic (exact) mass is 1130 g/mol. The van der Waals surface area contributed by atoms with Crippen LogP contribution >= 0.6 is 0 Å². The molecule has 5 nitrogen and oxygen atoms in total. The smallest absolute Gasteiger partial charge is 0.308 e. The van der Waals surface area contributed by atoms with Crippen LogP contribution in [0.3, 0.4) is 0 Å². The van der Waals surface area contributed by atoms with Crippen molar-refractivity contribution in [3.8, 4) is 95.7 Å². The van der Waals surface area contributed by atoms with Crippen LogP contribution in [0.2, 0.25) is 0 Å². The number of halogens is 12. The minimum Gasteiger partial charge on any atom is -0.308 e. The summed E-state index contributed by atoms with van der Waals surface area (Å²) >= 11 is 0. The number of hydrogen-bond donors (Lipinski definition) is 0. The summed E-state index contributed by atoms with van der Waals surface area (Å²) in [4.78, 5) is 20.4. The van der Waals surface area contributed by atoms with Gasteiger partial charge in [0.2, 0.25) is 0 Å². The molecule has 3 heterocycles. The molecule has 3 aromatic heterocycles. The topological polar surface area (TPSA) is 56.5 Å². The number of alkyl halides is 12. The Balaban J connectivity index is 1.17. The molecule has 12 aromatic rings. The standard InChI is InChI=1S/C66H37F12N5/c67-63(68,69)47-27-45(28-48(34-47)64(70,71)72)42-21-24-58-51(31-42)52-32-43(46-29-49(65(73,74)75)35-50(30-46)66(76,77)78)22-25-59(52)83(58)60-26-23-44(57-37-54(38-13-5-1-6-14-38)79-61(80-57)41-19-11-4-12-20-41)33-53(60)62-81-55(39-15-7-2-8-16-39)36-56(82-62)40-17-9-3-10-18-40/h1-37H. The van der Waals surface area contributed by atoms with Gasteiger partial charge in [-0.05, 0) is 107 Å². The van der Waals surface area contributed by atoms with Gasteiger partial charge in [0.25, 0.3) is 0 Å². The Bertz CT molecular complexity index is 4110. The molecule has 0 fully saturated rings. The lowest BCUT2D eigenvalue weighted by molar-refractivity contribution is -0.144. The second-order valence-electron chi connectivity index (χ2n) is 19.5. The molecule has 0 aliphatic heterocycles. The lowest BCUT2D eigenvalue weighted by Crippen LogP contribution is -2.11. The summed E-state index contributed by atoms with van der Waals surface area (Å²) in [5.74, 6) is 0.583. The molecule has 0 saturated carbocycles. The molecule has 0 saturated heterocycles. The van der Waals surface area contributed by atoms with Gasteiger partial charge in [-0.15, -0.1) is 0 Å². The van der Waals surface area contributed by atoms with Crippen molar-refractivity contribution in [3.05, 3.63) is 247 Å². The Kier molecular flexibility index (Phi) is 13.3. The molecule has 83 heavy (non-hydrogen) atoms. The average Bonchev–Trinajstić information content (AvgIpc) is 2.24. The van der Waals surface area contributed by atoms with E-state index in [1.807, 2.05) is 140 Å². The van der Waals surface area contributed by atoms with Crippen molar-refractivity contribution in [1.82, 2.24) is 24.5 Å². The quantitative estimate of drug-likeness (QED) is 0.135. The Morgan fingerprint density at radius 2 is 0.578 bits per heavy atom. The Hall–Kier alpha value is -9.90. The second-order valence-corrected chi connectivity index (χ2v) is 19.5. The summed E-state index contributed by atoms with van der Waals surface area (Å²) in [5, 5.41) is 0.311. The van der Waals surface area contributed by atoms with Crippen LogP contribution in [0.1, 0.15) is 22.3 Å². The molecule has 17 heteroatoms. The SMILES string of the molecule is FC(F)(F)c1cc(-c2ccc3c(c2)c2cc(-c4cc(C(F)(F)F)cc(C(F)(F)F)c4)ccc2n3-c2ccc(-c3cc(-c4ccccc4)nc(-c4ccccc4)n3)cc2-c2nc(-c3ccccc3)cc(-c3ccccc3)n2)cc(C(F)(F)F)c1. The van der Waals surface area contributed by atoms with Crippen molar-refractivity contribution in [3.63, 3.8) is 0 Å². The molecule has 0 amide bonds. The molecule has 0 bridgehead atoms. The van der Waals surface area contributed by atoms with Gasteiger partial charge in [-0.3, -0.25) is 0 Å². The lowest BCUT2D eigenvalue weighted by atomic mass is 9.96. The number of aromatic nitrogens is 5. The zero-order valence-corrected chi connectivity index (χ0v) is 42.6. The second kappa shape index (κ2) is 20.6. The van der Waals surface area contributed by atoms with Crippen molar-refractivity contribution in [2.75, 3.05) is 0 Å². The number of nitrogens with zero attached hydrogens (tertiary/aromatic N) is 5. The van der Waals surface area contributed by atoms with Gasteiger partial charge in [0, 0.05) is 44.2 Å². The highest BCUT2D eigenvalue weighted by Crippen LogP contribution is 2.45. The van der Waals surface area contributed by atoms with Crippen LogP contribution < -0.4 is 0 Å². The predicted molar refractivity (Wildman–Crippen MR) is 295 cm³/mol. The van der Waals surface area contributed by atoms with Crippen molar-refractivity contribution >= 4 is 21.8 Å². The maximum Gasteiger partial charge on any atom is 0.416 e. The summed E-state index contributed by atoms with van der Waals surface area (Å²) < 4.78 is 174. The van der Waals surface area contributed by atoms with Gasteiger partial charge in [0.1, 0.15) is 0 Å². The normalized spacial score (nSPS) is 12.3. The van der Waals surface area contributed by atoms with E-state index in [1.54, 1.807) is 16.7 Å². The third kappa shape index (κ3) is 10.8. The average molecular weight is 1130 g/mol. The molecule has 0 aliphatic rings. The van der Waals surface area contributed by atoms with E-state index in [-0.39, 0.29) is 50.9 Å². The van der Waals surface area contributed by atoms with Gasteiger partial charge >= 0.3 is 24.7 Å². The van der Waals surface area contributed by atoms with E-state index in [4.69, 9.17) is 19.9 Å². The molecular formula is C66H37F12N5. The van der Waals surface area contributed by atoms with Gasteiger partial charge in [-0.25, -0.2) is 19.9 Å². The van der Waals surface area contributed by atoms with Crippen LogP contribution in [0.25, 0.3) is 118 Å². The maximum absolute atomic E-state index is 14.3. The minimum absolute atomic E-state index is 0.000133. The largest absolute Gasteiger partial charge is 0.416 e. The third-order valence-electron chi connectivity index (χ3n) is 14.1. The first kappa shape index (κ1) is 53.7. The van der Waals surface area contributed by atoms with Crippen molar-refractivity contribution in [2.24, 2.45) is 0 Å². The summed E-state index contributed by atoms with van der Waals surface area (Å²) in [5.41, 5.74) is -0.607. The summed E-state index contributed by atoms with van der Waals surface area (Å²) in [6, 6.07) is 57.0. The molecule has 0 N–H and O–H groups in total. The van der Waals surface area contributed by atoms with E-state index >= 15 is 0 Å². The predicted octanol–water partition coefficient (Wildman–Crippen LogP) is 19.8. The Morgan fingerprint density at radius 1 is 0.253 bits per heavy atom. The molecule has 410 valence electrons. The molecule has 0 unspecified atom stereocenters. The van der Waals surface area contributed by atoms with Crippen LogP contribution in [-0.4, -0.2) is 24.5 Å². The van der Waals surface area contributed by atoms with Gasteiger partial charge in [0.05, 0.1) is 61.8 Å². The van der Waals surface area contributed by atoms with Crippen molar-refractivity contribution < 1.29 is 52.7 Å². The van der Waals surface area contributed by atoms with Crippen molar-refractivity contribution in [1.29, 1.82) is 0 Å². The first-order valence-electron chi connectivity index (χ1n) is 25.5. The van der Waals surface area contributed by atoms with Crippen LogP contribution in [0.5, 0.6) is 0 Å². The zero-order valence-electron chi connectivity index (χ0n) is 42.6. The van der Waals surface area contributed by atoms with Gasteiger partial charge in [-0.2, -0.15) is 52.7 Å². The molecular weight excluding hydrogens is 1090 g/mol. The molecule has 0 radical (unpaired) electrons. The minimum atomic E-state index is -5.20. The van der Waals surface area contributed by atoms with Crippen LogP contribution in [0.4, 0.5) is 52.7 Å². The first-order chi connectivity index (χ1) is 39.6. The maximum atomic E-state index is 14.3. The fourth-order valence-corrected chi connectivity index (χ4v) is 10.1. The number of hydrogen-bond acceptors (Lipinski definition) is 4. The highest BCUT2D eigenvalue weighted by atomic mass is 19.4. The van der Waals surface area contributed by atoms with Gasteiger partial charge in [0.15, 0.2) is 11.6 Å². The highest BCUT2D eigenvalue weighted by Gasteiger charge is 2.39. The van der Waals surface area contributed by atoms with E-state index in [9.17, 15) is 52.7 Å². The summed E-state index contributed by atoms with van der Waals surface area (Å²) in [7, 11) is 0. The zero-order chi connectivity index (χ0) is 58.0. The molecule has 0 spiro atoms. The summed E-state index contributed by atoms with van der Waals surface area (Å²) in [6.07, 6.45) is -20.8. The van der Waals surface area contributed by atoms with Crippen molar-refractivity contribution in [2.45, 2.75) is 24.7 Å². The van der Waals surface area contributed by atoms with E-state index in [0.717, 1.165) is 22.3 Å². The highest BCUT2D eigenvalue weighted by molar-refractivity contribution is 6.12. The van der Waals surface area contributed by atoms with Crippen LogP contribution in [0.15, 0.2) is 224 Å². The first-order valence-corrected chi connectivity index (χ1v) is 25.5. The number of benzene rings is 9. The number of fused-ring (bicyclic) bond motifs is 3. The fraction of sp³-hybridized carbons (Fsp3) is 0.0606. The van der Waals surface area contributed by atoms with Crippen LogP contribution in [-0.2, 0) is 24.7 Å². The Labute approximate surface area is 464 Å². The summed E-state index contributed by atoms with van der Waals surface area (Å²) in [6.45, 7) is 0. The molecule has 9 aromatic carbocycles. The molecule has 12 rings (SSSR count). The number of rotatable bonds is 9. The van der Waals surface area contributed by atoms with Crippen LogP contribution in [0, 0.1) is 0 Å². The van der Waals surface area contributed by atoms with E-state index in [1.165, 1.54) is 36.4 Å². The van der Waals surface area contributed by atoms with E-state index in [2.05, 4.69) is 0 Å². The third-order valence-corrected chi connectivity index (χ3v) is 14.1. The van der Waals surface area contributed by atoms with Gasteiger partial charge < -0.3 is 4.57 Å². The van der Waals surface area contributed by atoms with Gasteiger partial charge in [-0.1, -0.05) is 140 Å². The Morgan fingerprint density at radius 3 is 0.940 bits per heavy atom. The fourth-order valence-electron chi connectivity index (χ4n) is 10.1. The lowest BCUT2D eigenvalue weighted by Gasteiger charge is -2.17. The molecule has 0 aliphatic carbocycles. The van der Waals surface area contributed by atoms with E-state index < -0.39 is 58.1 Å².